The number of amides is 2. The largest absolute Gasteiger partial charge is 0.338 e. The summed E-state index contributed by atoms with van der Waals surface area (Å²) in [6.07, 6.45) is 0.520. The molecule has 0 unspecified atom stereocenters. The highest BCUT2D eigenvalue weighted by Gasteiger charge is 2.34. The molecule has 0 saturated carbocycles. The van der Waals surface area contributed by atoms with Crippen LogP contribution in [0.4, 0.5) is 10.5 Å². The van der Waals surface area contributed by atoms with E-state index in [0.29, 0.717) is 13.0 Å². The molecule has 0 aliphatic carbocycles. The van der Waals surface area contributed by atoms with E-state index in [1.165, 1.54) is 4.90 Å². The molecule has 0 radical (unpaired) electrons. The van der Waals surface area contributed by atoms with Gasteiger partial charge in [-0.3, -0.25) is 0 Å². The summed E-state index contributed by atoms with van der Waals surface area (Å²) in [6, 6.07) is 7.12. The fraction of sp³-hybridized carbons (Fsp3) is 0.562. The van der Waals surface area contributed by atoms with Crippen LogP contribution in [0.3, 0.4) is 0 Å². The number of urea groups is 1. The summed E-state index contributed by atoms with van der Waals surface area (Å²) < 4.78 is 23.5. The van der Waals surface area contributed by atoms with E-state index in [1.807, 2.05) is 45.3 Å². The molecule has 0 spiro atoms. The third-order valence-corrected chi connectivity index (χ3v) is 5.82. The van der Waals surface area contributed by atoms with Crippen LogP contribution in [0, 0.1) is 6.92 Å². The number of quaternary nitrogens is 1. The Morgan fingerprint density at radius 3 is 2.48 bits per heavy atom. The first-order valence-corrected chi connectivity index (χ1v) is 9.73. The van der Waals surface area contributed by atoms with E-state index in [1.54, 1.807) is 4.90 Å². The minimum absolute atomic E-state index is 0.0665. The maximum Gasteiger partial charge on any atom is 0.322 e. The second-order valence-corrected chi connectivity index (χ2v) is 8.73. The lowest BCUT2D eigenvalue weighted by Crippen LogP contribution is -3.06. The molecule has 1 atom stereocenters. The van der Waals surface area contributed by atoms with Gasteiger partial charge in [-0.1, -0.05) is 17.7 Å². The first-order valence-electron chi connectivity index (χ1n) is 7.90. The van der Waals surface area contributed by atoms with Gasteiger partial charge in [0.05, 0.1) is 38.7 Å². The lowest BCUT2D eigenvalue weighted by molar-refractivity contribution is -0.857. The molecule has 0 aromatic heterocycles. The monoisotopic (exact) mass is 340 g/mol. The summed E-state index contributed by atoms with van der Waals surface area (Å²) >= 11 is 0. The van der Waals surface area contributed by atoms with Gasteiger partial charge < -0.3 is 15.1 Å². The zero-order valence-electron chi connectivity index (χ0n) is 14.0. The molecule has 23 heavy (non-hydrogen) atoms. The van der Waals surface area contributed by atoms with E-state index in [2.05, 4.69) is 5.32 Å². The number of rotatable bonds is 5. The van der Waals surface area contributed by atoms with Crippen molar-refractivity contribution in [1.29, 1.82) is 0 Å². The summed E-state index contributed by atoms with van der Waals surface area (Å²) in [6.45, 7) is 3.30. The van der Waals surface area contributed by atoms with Gasteiger partial charge in [-0.15, -0.1) is 0 Å². The summed E-state index contributed by atoms with van der Waals surface area (Å²) in [5, 5.41) is 2.88. The molecule has 7 heteroatoms. The Hall–Kier alpha value is -1.60. The van der Waals surface area contributed by atoms with Gasteiger partial charge in [0.25, 0.3) is 0 Å². The second kappa shape index (κ2) is 7.31. The Balaban J connectivity index is 2.09. The van der Waals surface area contributed by atoms with Gasteiger partial charge in [0.15, 0.2) is 9.84 Å². The third-order valence-electron chi connectivity index (χ3n) is 4.07. The van der Waals surface area contributed by atoms with Crippen molar-refractivity contribution >= 4 is 21.6 Å². The Morgan fingerprint density at radius 1 is 1.30 bits per heavy atom. The number of sulfone groups is 1. The molecule has 2 amide bonds. The van der Waals surface area contributed by atoms with Crippen molar-refractivity contribution < 1.29 is 18.1 Å². The van der Waals surface area contributed by atoms with Crippen LogP contribution in [-0.2, 0) is 9.84 Å². The number of nitrogens with zero attached hydrogens (tertiary/aromatic N) is 1. The summed E-state index contributed by atoms with van der Waals surface area (Å²) in [4.78, 5) is 15.5. The molecule has 1 aromatic carbocycles. The lowest BCUT2D eigenvalue weighted by atomic mass is 10.2. The number of nitrogens with one attached hydrogen (secondary N) is 2. The highest BCUT2D eigenvalue weighted by atomic mass is 32.2. The molecule has 1 aromatic rings. The number of carbonyl (C=O) groups excluding carboxylic acids is 1. The molecule has 1 heterocycles. The van der Waals surface area contributed by atoms with Crippen LogP contribution in [-0.4, -0.2) is 64.1 Å². The van der Waals surface area contributed by atoms with Crippen molar-refractivity contribution in [3.8, 4) is 0 Å². The van der Waals surface area contributed by atoms with Crippen LogP contribution in [0.2, 0.25) is 0 Å². The highest BCUT2D eigenvalue weighted by molar-refractivity contribution is 7.91. The molecule has 128 valence electrons. The van der Waals surface area contributed by atoms with E-state index < -0.39 is 9.84 Å². The smallest absolute Gasteiger partial charge is 0.322 e. The molecule has 2 N–H and O–H groups in total. The topological polar surface area (TPSA) is 70.9 Å². The van der Waals surface area contributed by atoms with E-state index in [9.17, 15) is 13.2 Å². The molecular weight excluding hydrogens is 314 g/mol. The molecular formula is C16H26N3O3S+. The average molecular weight is 340 g/mol. The van der Waals surface area contributed by atoms with Gasteiger partial charge in [-0.2, -0.15) is 0 Å². The molecule has 1 aliphatic heterocycles. The second-order valence-electron chi connectivity index (χ2n) is 6.50. The minimum atomic E-state index is -3.02. The quantitative estimate of drug-likeness (QED) is 0.802. The Kier molecular flexibility index (Phi) is 5.64. The van der Waals surface area contributed by atoms with Gasteiger partial charge in [-0.25, -0.2) is 13.2 Å². The highest BCUT2D eigenvalue weighted by Crippen LogP contribution is 2.19. The van der Waals surface area contributed by atoms with Crippen molar-refractivity contribution in [1.82, 2.24) is 4.90 Å². The first-order chi connectivity index (χ1) is 10.8. The van der Waals surface area contributed by atoms with Crippen molar-refractivity contribution in [3.63, 3.8) is 0 Å². The number of carbonyl (C=O) groups is 1. The molecule has 1 saturated heterocycles. The Morgan fingerprint density at radius 2 is 1.96 bits per heavy atom. The Labute approximate surface area is 138 Å². The molecule has 0 bridgehead atoms. The van der Waals surface area contributed by atoms with Crippen molar-refractivity contribution in [2.24, 2.45) is 0 Å². The third kappa shape index (κ3) is 5.21. The SMILES string of the molecule is Cc1ccc(NC(=O)N(CC[NH+](C)C)[C@H]2CCS(=O)(=O)C2)cc1. The van der Waals surface area contributed by atoms with Crippen LogP contribution in [0.15, 0.2) is 24.3 Å². The summed E-state index contributed by atoms with van der Waals surface area (Å²) in [5.41, 5.74) is 1.85. The number of hydrogen-bond acceptors (Lipinski definition) is 3. The molecule has 6 nitrogen and oxygen atoms in total. The summed E-state index contributed by atoms with van der Waals surface area (Å²) in [7, 11) is 1.01. The van der Waals surface area contributed by atoms with Gasteiger partial charge in [0.2, 0.25) is 0 Å². The van der Waals surface area contributed by atoms with E-state index in [0.717, 1.165) is 17.8 Å². The predicted octanol–water partition coefficient (Wildman–Crippen LogP) is 0.161. The van der Waals surface area contributed by atoms with Gasteiger partial charge in [0.1, 0.15) is 0 Å². The van der Waals surface area contributed by atoms with Crippen molar-refractivity contribution in [2.75, 3.05) is 44.0 Å². The Bertz CT molecular complexity index is 641. The van der Waals surface area contributed by atoms with Crippen LogP contribution in [0.1, 0.15) is 12.0 Å². The minimum Gasteiger partial charge on any atom is -0.338 e. The van der Waals surface area contributed by atoms with Gasteiger partial charge >= 0.3 is 6.03 Å². The number of anilines is 1. The van der Waals surface area contributed by atoms with E-state index in [4.69, 9.17) is 0 Å². The zero-order valence-corrected chi connectivity index (χ0v) is 14.8. The van der Waals surface area contributed by atoms with Crippen molar-refractivity contribution in [2.45, 2.75) is 19.4 Å². The number of likely N-dealkylation sites (N-methyl/N-ethyl adjacent to an activating group) is 1. The van der Waals surface area contributed by atoms with E-state index >= 15 is 0 Å². The molecule has 1 fully saturated rings. The zero-order chi connectivity index (χ0) is 17.0. The predicted molar refractivity (Wildman–Crippen MR) is 91.6 cm³/mol. The number of benzene rings is 1. The van der Waals surface area contributed by atoms with Crippen LogP contribution < -0.4 is 10.2 Å². The standard InChI is InChI=1S/C16H25N3O3S/c1-13-4-6-14(7-5-13)17-16(20)19(10-9-18(2)3)15-8-11-23(21,22)12-15/h4-7,15H,8-12H2,1-3H3,(H,17,20)/p+1/t15-/m0/s1. The van der Waals surface area contributed by atoms with Gasteiger partial charge in [0, 0.05) is 11.7 Å². The summed E-state index contributed by atoms with van der Waals surface area (Å²) in [5.74, 6) is 0.234. The first kappa shape index (κ1) is 17.7. The number of hydrogen-bond donors (Lipinski definition) is 2. The van der Waals surface area contributed by atoms with E-state index in [-0.39, 0.29) is 23.6 Å². The lowest BCUT2D eigenvalue weighted by Gasteiger charge is -2.28. The average Bonchev–Trinajstić information content (AvgIpc) is 2.81. The fourth-order valence-electron chi connectivity index (χ4n) is 2.65. The van der Waals surface area contributed by atoms with Crippen molar-refractivity contribution in [3.05, 3.63) is 29.8 Å². The fourth-order valence-corrected chi connectivity index (χ4v) is 4.38. The normalized spacial score (nSPS) is 19.7. The number of aryl methyl sites for hydroxylation is 1. The maximum absolute atomic E-state index is 12.6. The molecule has 1 aliphatic rings. The van der Waals surface area contributed by atoms with Crippen LogP contribution in [0.25, 0.3) is 0 Å². The molecule has 2 rings (SSSR count). The van der Waals surface area contributed by atoms with Crippen LogP contribution >= 0.6 is 0 Å². The maximum atomic E-state index is 12.6. The van der Waals surface area contributed by atoms with Crippen LogP contribution in [0.5, 0.6) is 0 Å². The van der Waals surface area contributed by atoms with Gasteiger partial charge in [-0.05, 0) is 25.5 Å².